The van der Waals surface area contributed by atoms with E-state index in [2.05, 4.69) is 15.5 Å². The minimum absolute atomic E-state index is 0.412. The summed E-state index contributed by atoms with van der Waals surface area (Å²) in [6.07, 6.45) is -0.698. The number of aryl methyl sites for hydroxylation is 1. The molecule has 0 aliphatic rings. The molecule has 96 valence electrons. The summed E-state index contributed by atoms with van der Waals surface area (Å²) >= 11 is 13.2. The maximum atomic E-state index is 10.1. The van der Waals surface area contributed by atoms with E-state index in [0.29, 0.717) is 26.5 Å². The summed E-state index contributed by atoms with van der Waals surface area (Å²) in [6, 6.07) is 5.02. The lowest BCUT2D eigenvalue weighted by Gasteiger charge is -2.11. The molecule has 8 heteroatoms. The SMILES string of the molecule is Cn1nnnc1SC[C@@H](O)c1ccc(Cl)cc1Cl. The number of aromatic nitrogens is 4. The molecule has 0 aliphatic carbocycles. The summed E-state index contributed by atoms with van der Waals surface area (Å²) in [5.74, 6) is 0.412. The topological polar surface area (TPSA) is 63.8 Å². The molecule has 0 saturated carbocycles. The number of thioether (sulfide) groups is 1. The Morgan fingerprint density at radius 1 is 1.44 bits per heavy atom. The van der Waals surface area contributed by atoms with Crippen molar-refractivity contribution in [3.63, 3.8) is 0 Å². The van der Waals surface area contributed by atoms with Crippen LogP contribution in [-0.2, 0) is 7.05 Å². The molecule has 0 bridgehead atoms. The van der Waals surface area contributed by atoms with Crippen LogP contribution in [0.15, 0.2) is 23.4 Å². The Labute approximate surface area is 118 Å². The molecule has 0 amide bonds. The molecular formula is C10H10Cl2N4OS. The van der Waals surface area contributed by atoms with Crippen molar-refractivity contribution in [3.8, 4) is 0 Å². The van der Waals surface area contributed by atoms with Gasteiger partial charge >= 0.3 is 0 Å². The number of rotatable bonds is 4. The lowest BCUT2D eigenvalue weighted by Crippen LogP contribution is -2.03. The van der Waals surface area contributed by atoms with Crippen molar-refractivity contribution in [1.29, 1.82) is 0 Å². The van der Waals surface area contributed by atoms with Crippen LogP contribution in [0.25, 0.3) is 0 Å². The van der Waals surface area contributed by atoms with Gasteiger partial charge in [-0.05, 0) is 22.6 Å². The molecular weight excluding hydrogens is 295 g/mol. The first-order valence-corrected chi connectivity index (χ1v) is 6.80. The van der Waals surface area contributed by atoms with Crippen molar-refractivity contribution in [2.45, 2.75) is 11.3 Å². The number of nitrogens with zero attached hydrogens (tertiary/aromatic N) is 4. The van der Waals surface area contributed by atoms with Crippen molar-refractivity contribution in [2.24, 2.45) is 7.05 Å². The lowest BCUT2D eigenvalue weighted by atomic mass is 10.1. The van der Waals surface area contributed by atoms with Crippen LogP contribution < -0.4 is 0 Å². The maximum absolute atomic E-state index is 10.1. The molecule has 1 heterocycles. The highest BCUT2D eigenvalue weighted by molar-refractivity contribution is 7.99. The van der Waals surface area contributed by atoms with E-state index < -0.39 is 6.10 Å². The molecule has 1 atom stereocenters. The van der Waals surface area contributed by atoms with Crippen molar-refractivity contribution in [2.75, 3.05) is 5.75 Å². The first-order chi connectivity index (χ1) is 8.58. The largest absolute Gasteiger partial charge is 0.387 e. The van der Waals surface area contributed by atoms with Gasteiger partial charge in [0.25, 0.3) is 0 Å². The van der Waals surface area contributed by atoms with Crippen LogP contribution in [0.5, 0.6) is 0 Å². The summed E-state index contributed by atoms with van der Waals surface area (Å²) in [5, 5.41) is 22.7. The standard InChI is InChI=1S/C10H10Cl2N4OS/c1-16-10(13-14-15-16)18-5-9(17)7-3-2-6(11)4-8(7)12/h2-4,9,17H,5H2,1H3/t9-/m1/s1. The van der Waals surface area contributed by atoms with Crippen molar-refractivity contribution in [3.05, 3.63) is 33.8 Å². The van der Waals surface area contributed by atoms with E-state index >= 15 is 0 Å². The van der Waals surface area contributed by atoms with E-state index in [9.17, 15) is 5.11 Å². The number of hydrogen-bond acceptors (Lipinski definition) is 5. The number of benzene rings is 1. The smallest absolute Gasteiger partial charge is 0.209 e. The fourth-order valence-electron chi connectivity index (χ4n) is 1.36. The summed E-state index contributed by atoms with van der Waals surface area (Å²) < 4.78 is 1.54. The van der Waals surface area contributed by atoms with Gasteiger partial charge < -0.3 is 5.11 Å². The molecule has 1 aromatic heterocycles. The van der Waals surface area contributed by atoms with Gasteiger partial charge in [0.1, 0.15) is 0 Å². The molecule has 1 aromatic carbocycles. The zero-order valence-corrected chi connectivity index (χ0v) is 11.7. The number of hydrogen-bond donors (Lipinski definition) is 1. The molecule has 5 nitrogen and oxygen atoms in total. The van der Waals surface area contributed by atoms with Gasteiger partial charge in [0.2, 0.25) is 5.16 Å². The minimum Gasteiger partial charge on any atom is -0.387 e. The van der Waals surface area contributed by atoms with Crippen LogP contribution in [0.1, 0.15) is 11.7 Å². The van der Waals surface area contributed by atoms with Gasteiger partial charge in [-0.2, -0.15) is 0 Å². The summed E-state index contributed by atoms with van der Waals surface area (Å²) in [5.41, 5.74) is 0.642. The normalized spacial score (nSPS) is 12.7. The number of aliphatic hydroxyl groups is 1. The van der Waals surface area contributed by atoms with Crippen LogP contribution in [0.3, 0.4) is 0 Å². The van der Waals surface area contributed by atoms with Crippen LogP contribution in [-0.4, -0.2) is 31.1 Å². The first-order valence-electron chi connectivity index (χ1n) is 5.06. The Balaban J connectivity index is 2.03. The maximum Gasteiger partial charge on any atom is 0.209 e. The van der Waals surface area contributed by atoms with Gasteiger partial charge in [0.05, 0.1) is 6.10 Å². The highest BCUT2D eigenvalue weighted by Gasteiger charge is 2.14. The molecule has 1 N–H and O–H groups in total. The van der Waals surface area contributed by atoms with E-state index in [1.807, 2.05) is 0 Å². The Morgan fingerprint density at radius 3 is 2.83 bits per heavy atom. The van der Waals surface area contributed by atoms with Crippen molar-refractivity contribution < 1.29 is 5.11 Å². The predicted octanol–water partition coefficient (Wildman–Crippen LogP) is 2.34. The molecule has 2 rings (SSSR count). The molecule has 2 aromatic rings. The minimum atomic E-state index is -0.698. The van der Waals surface area contributed by atoms with Gasteiger partial charge in [0.15, 0.2) is 0 Å². The summed E-state index contributed by atoms with van der Waals surface area (Å²) in [4.78, 5) is 0. The van der Waals surface area contributed by atoms with Crippen molar-refractivity contribution >= 4 is 35.0 Å². The van der Waals surface area contributed by atoms with E-state index in [1.54, 1.807) is 29.9 Å². The van der Waals surface area contributed by atoms with Crippen molar-refractivity contribution in [1.82, 2.24) is 20.2 Å². The summed E-state index contributed by atoms with van der Waals surface area (Å²) in [7, 11) is 1.74. The fourth-order valence-corrected chi connectivity index (χ4v) is 2.70. The fraction of sp³-hybridized carbons (Fsp3) is 0.300. The van der Waals surface area contributed by atoms with Crippen LogP contribution in [0, 0.1) is 0 Å². The monoisotopic (exact) mass is 304 g/mol. The highest BCUT2D eigenvalue weighted by atomic mass is 35.5. The number of tetrazole rings is 1. The van der Waals surface area contributed by atoms with E-state index in [-0.39, 0.29) is 0 Å². The lowest BCUT2D eigenvalue weighted by molar-refractivity contribution is 0.204. The quantitative estimate of drug-likeness (QED) is 0.878. The number of aliphatic hydroxyl groups excluding tert-OH is 1. The summed E-state index contributed by atoms with van der Waals surface area (Å²) in [6.45, 7) is 0. The van der Waals surface area contributed by atoms with Crippen LogP contribution in [0.2, 0.25) is 10.0 Å². The second-order valence-electron chi connectivity index (χ2n) is 3.58. The Bertz CT molecular complexity index is 548. The number of halogens is 2. The van der Waals surface area contributed by atoms with Gasteiger partial charge in [-0.3, -0.25) is 0 Å². The highest BCUT2D eigenvalue weighted by Crippen LogP contribution is 2.29. The van der Waals surface area contributed by atoms with Gasteiger partial charge in [-0.1, -0.05) is 41.0 Å². The molecule has 0 saturated heterocycles. The molecule has 0 aliphatic heterocycles. The molecule has 18 heavy (non-hydrogen) atoms. The third kappa shape index (κ3) is 3.14. The third-order valence-corrected chi connectivity index (χ3v) is 3.92. The Kier molecular flexibility index (Phi) is 4.45. The van der Waals surface area contributed by atoms with E-state index in [4.69, 9.17) is 23.2 Å². The zero-order valence-electron chi connectivity index (χ0n) is 9.42. The average molecular weight is 305 g/mol. The molecule has 0 spiro atoms. The van der Waals surface area contributed by atoms with Gasteiger partial charge in [-0.15, -0.1) is 5.10 Å². The van der Waals surface area contributed by atoms with E-state index in [0.717, 1.165) is 0 Å². The van der Waals surface area contributed by atoms with Crippen LogP contribution in [0.4, 0.5) is 0 Å². The molecule has 0 unspecified atom stereocenters. The molecule has 0 fully saturated rings. The van der Waals surface area contributed by atoms with Crippen LogP contribution >= 0.6 is 35.0 Å². The molecule has 0 radical (unpaired) electrons. The second kappa shape index (κ2) is 5.88. The average Bonchev–Trinajstić information content (AvgIpc) is 2.72. The zero-order chi connectivity index (χ0) is 13.1. The Hall–Kier alpha value is -0.820. The van der Waals surface area contributed by atoms with Gasteiger partial charge in [-0.25, -0.2) is 4.68 Å². The predicted molar refractivity (Wildman–Crippen MR) is 70.9 cm³/mol. The van der Waals surface area contributed by atoms with E-state index in [1.165, 1.54) is 11.8 Å². The Morgan fingerprint density at radius 2 is 2.22 bits per heavy atom. The second-order valence-corrected chi connectivity index (χ2v) is 5.41. The first kappa shape index (κ1) is 13.6. The third-order valence-electron chi connectivity index (χ3n) is 2.27. The van der Waals surface area contributed by atoms with Gasteiger partial charge in [0, 0.05) is 28.4 Å².